The highest BCUT2D eigenvalue weighted by molar-refractivity contribution is 5.89. The Morgan fingerprint density at radius 2 is 2.13 bits per heavy atom. The van der Waals surface area contributed by atoms with Crippen molar-refractivity contribution in [1.82, 2.24) is 9.97 Å². The number of carbonyl (C=O) groups is 1. The molecule has 0 aliphatic carbocycles. The molecule has 1 amide bonds. The largest absolute Gasteiger partial charge is 0.508 e. The summed E-state index contributed by atoms with van der Waals surface area (Å²) in [5, 5.41) is 12.6. The Labute approximate surface area is 133 Å². The van der Waals surface area contributed by atoms with Crippen molar-refractivity contribution < 1.29 is 14.6 Å². The predicted molar refractivity (Wildman–Crippen MR) is 85.4 cm³/mol. The maximum Gasteiger partial charge on any atom is 0.415 e. The summed E-state index contributed by atoms with van der Waals surface area (Å²) in [6.07, 6.45) is 1.28. The van der Waals surface area contributed by atoms with Crippen LogP contribution >= 0.6 is 0 Å². The number of rotatable bonds is 4. The number of nitrogens with one attached hydrogen (secondary N) is 1. The van der Waals surface area contributed by atoms with E-state index in [2.05, 4.69) is 15.3 Å². The van der Waals surface area contributed by atoms with Crippen molar-refractivity contribution in [2.24, 2.45) is 0 Å². The number of hydrogen-bond acceptors (Lipinski definition) is 6. The van der Waals surface area contributed by atoms with E-state index >= 15 is 0 Å². The number of anilines is 2. The molecule has 0 spiro atoms. The molecule has 0 bridgehead atoms. The smallest absolute Gasteiger partial charge is 0.415 e. The first-order valence-electron chi connectivity index (χ1n) is 7.44. The van der Waals surface area contributed by atoms with E-state index in [9.17, 15) is 9.90 Å². The zero-order valence-electron chi connectivity index (χ0n) is 13.0. The number of fused-ring (bicyclic) bond motifs is 1. The zero-order chi connectivity index (χ0) is 16.4. The van der Waals surface area contributed by atoms with Crippen molar-refractivity contribution in [3.8, 4) is 5.75 Å². The van der Waals surface area contributed by atoms with Crippen molar-refractivity contribution in [3.63, 3.8) is 0 Å². The summed E-state index contributed by atoms with van der Waals surface area (Å²) in [4.78, 5) is 22.0. The Morgan fingerprint density at radius 3 is 2.83 bits per heavy atom. The third-order valence-electron chi connectivity index (χ3n) is 3.72. The first-order chi connectivity index (χ1) is 11.1. The Bertz CT molecular complexity index is 718. The lowest BCUT2D eigenvalue weighted by molar-refractivity contribution is 0.141. The van der Waals surface area contributed by atoms with E-state index in [0.29, 0.717) is 18.3 Å². The zero-order valence-corrected chi connectivity index (χ0v) is 13.0. The van der Waals surface area contributed by atoms with E-state index in [1.165, 1.54) is 4.90 Å². The average Bonchev–Trinajstić information content (AvgIpc) is 2.55. The van der Waals surface area contributed by atoms with Crippen LogP contribution in [0.3, 0.4) is 0 Å². The monoisotopic (exact) mass is 314 g/mol. The van der Waals surface area contributed by atoms with Crippen LogP contribution in [0.2, 0.25) is 0 Å². The van der Waals surface area contributed by atoms with Gasteiger partial charge in [-0.25, -0.2) is 9.78 Å². The molecule has 1 aromatic heterocycles. The minimum atomic E-state index is -0.392. The minimum absolute atomic E-state index is 0.0423. The molecule has 3 rings (SSSR count). The number of carbonyl (C=O) groups excluding carboxylic acids is 1. The van der Waals surface area contributed by atoms with Gasteiger partial charge < -0.3 is 15.2 Å². The minimum Gasteiger partial charge on any atom is -0.508 e. The lowest BCUT2D eigenvalue weighted by Crippen LogP contribution is -2.36. The molecule has 120 valence electrons. The van der Waals surface area contributed by atoms with E-state index in [-0.39, 0.29) is 18.4 Å². The summed E-state index contributed by atoms with van der Waals surface area (Å²) in [5.74, 6) is 1.25. The molecule has 1 aromatic carbocycles. The SMILES string of the molecule is CCN1C(=O)OCc2cnc(N[C@@H](C)c3ccc(O)cc3)nc21. The number of phenolic OH excluding ortho intramolecular Hbond substituents is 1. The molecule has 1 atom stereocenters. The molecule has 7 nitrogen and oxygen atoms in total. The van der Waals surface area contributed by atoms with Gasteiger partial charge in [-0.3, -0.25) is 4.90 Å². The highest BCUT2D eigenvalue weighted by Crippen LogP contribution is 2.26. The van der Waals surface area contributed by atoms with Crippen LogP contribution in [-0.2, 0) is 11.3 Å². The van der Waals surface area contributed by atoms with Crippen LogP contribution in [0, 0.1) is 0 Å². The van der Waals surface area contributed by atoms with Crippen molar-refractivity contribution in [2.75, 3.05) is 16.8 Å². The first kappa shape index (κ1) is 15.1. The molecule has 1 aliphatic rings. The standard InChI is InChI=1S/C16H18N4O3/c1-3-20-14-12(9-23-16(20)22)8-17-15(19-14)18-10(2)11-4-6-13(21)7-5-11/h4-8,10,21H,3,9H2,1-2H3,(H,17,18,19)/t10-/m0/s1. The highest BCUT2D eigenvalue weighted by atomic mass is 16.6. The van der Waals surface area contributed by atoms with Gasteiger partial charge in [-0.15, -0.1) is 0 Å². The first-order valence-corrected chi connectivity index (χ1v) is 7.44. The molecule has 2 N–H and O–H groups in total. The second kappa shape index (κ2) is 6.12. The van der Waals surface area contributed by atoms with Crippen molar-refractivity contribution in [2.45, 2.75) is 26.5 Å². The van der Waals surface area contributed by atoms with Crippen molar-refractivity contribution >= 4 is 17.9 Å². The lowest BCUT2D eigenvalue weighted by Gasteiger charge is -2.27. The molecule has 1 aliphatic heterocycles. The number of amides is 1. The van der Waals surface area contributed by atoms with Gasteiger partial charge in [-0.2, -0.15) is 4.98 Å². The average molecular weight is 314 g/mol. The van der Waals surface area contributed by atoms with Gasteiger partial charge in [0.25, 0.3) is 0 Å². The Kier molecular flexibility index (Phi) is 4.01. The number of benzene rings is 1. The quantitative estimate of drug-likeness (QED) is 0.902. The van der Waals surface area contributed by atoms with Gasteiger partial charge in [0.05, 0.1) is 11.6 Å². The summed E-state index contributed by atoms with van der Waals surface area (Å²) in [6, 6.07) is 6.90. The van der Waals surface area contributed by atoms with Gasteiger partial charge in [0, 0.05) is 12.7 Å². The molecule has 0 saturated heterocycles. The molecule has 23 heavy (non-hydrogen) atoms. The molecule has 0 fully saturated rings. The number of cyclic esters (lactones) is 1. The second-order valence-corrected chi connectivity index (χ2v) is 5.30. The van der Waals surface area contributed by atoms with Crippen molar-refractivity contribution in [3.05, 3.63) is 41.6 Å². The van der Waals surface area contributed by atoms with E-state index in [0.717, 1.165) is 11.1 Å². The van der Waals surface area contributed by atoms with Gasteiger partial charge in [0.1, 0.15) is 18.2 Å². The van der Waals surface area contributed by atoms with E-state index in [4.69, 9.17) is 4.74 Å². The van der Waals surface area contributed by atoms with Gasteiger partial charge in [-0.05, 0) is 31.5 Å². The summed E-state index contributed by atoms with van der Waals surface area (Å²) >= 11 is 0. The lowest BCUT2D eigenvalue weighted by atomic mass is 10.1. The van der Waals surface area contributed by atoms with E-state index in [1.54, 1.807) is 18.3 Å². The molecule has 2 heterocycles. The molecular formula is C16H18N4O3. The summed E-state index contributed by atoms with van der Waals surface area (Å²) in [6.45, 7) is 4.51. The van der Waals surface area contributed by atoms with Crippen LogP contribution < -0.4 is 10.2 Å². The fourth-order valence-corrected chi connectivity index (χ4v) is 2.43. The van der Waals surface area contributed by atoms with E-state index < -0.39 is 6.09 Å². The third kappa shape index (κ3) is 3.03. The van der Waals surface area contributed by atoms with Crippen LogP contribution in [0.5, 0.6) is 5.75 Å². The van der Waals surface area contributed by atoms with Gasteiger partial charge >= 0.3 is 6.09 Å². The Balaban J connectivity index is 1.82. The van der Waals surface area contributed by atoms with Gasteiger partial charge in [0.2, 0.25) is 5.95 Å². The van der Waals surface area contributed by atoms with Crippen molar-refractivity contribution in [1.29, 1.82) is 0 Å². The summed E-state index contributed by atoms with van der Waals surface area (Å²) in [7, 11) is 0. The van der Waals surface area contributed by atoms with Gasteiger partial charge in [0.15, 0.2) is 0 Å². The number of aromatic hydroxyl groups is 1. The Hall–Kier alpha value is -2.83. The molecule has 0 unspecified atom stereocenters. The number of hydrogen-bond donors (Lipinski definition) is 2. The maximum atomic E-state index is 11.8. The summed E-state index contributed by atoms with van der Waals surface area (Å²) < 4.78 is 5.07. The van der Waals surface area contributed by atoms with Gasteiger partial charge in [-0.1, -0.05) is 12.1 Å². The topological polar surface area (TPSA) is 87.6 Å². The van der Waals surface area contributed by atoms with Crippen LogP contribution in [-0.4, -0.2) is 27.7 Å². The summed E-state index contributed by atoms with van der Waals surface area (Å²) in [5.41, 5.74) is 1.78. The van der Waals surface area contributed by atoms with Crippen LogP contribution in [0.25, 0.3) is 0 Å². The highest BCUT2D eigenvalue weighted by Gasteiger charge is 2.26. The number of nitrogens with zero attached hydrogens (tertiary/aromatic N) is 3. The molecule has 0 saturated carbocycles. The predicted octanol–water partition coefficient (Wildman–Crippen LogP) is 2.83. The number of ether oxygens (including phenoxy) is 1. The van der Waals surface area contributed by atoms with E-state index in [1.807, 2.05) is 26.0 Å². The van der Waals surface area contributed by atoms with Crippen LogP contribution in [0.1, 0.15) is 31.0 Å². The number of phenols is 1. The van der Waals surface area contributed by atoms with Crippen LogP contribution in [0.15, 0.2) is 30.5 Å². The second-order valence-electron chi connectivity index (χ2n) is 5.30. The normalized spacial score (nSPS) is 14.9. The molecule has 0 radical (unpaired) electrons. The van der Waals surface area contributed by atoms with Crippen LogP contribution in [0.4, 0.5) is 16.6 Å². The fraction of sp³-hybridized carbons (Fsp3) is 0.312. The molecule has 2 aromatic rings. The number of aromatic nitrogens is 2. The maximum absolute atomic E-state index is 11.8. The third-order valence-corrected chi connectivity index (χ3v) is 3.72. The Morgan fingerprint density at radius 1 is 1.39 bits per heavy atom. The fourth-order valence-electron chi connectivity index (χ4n) is 2.43. The molecular weight excluding hydrogens is 296 g/mol. The molecule has 7 heteroatoms.